The van der Waals surface area contributed by atoms with E-state index >= 15 is 0 Å². The van der Waals surface area contributed by atoms with Crippen molar-refractivity contribution in [1.29, 1.82) is 0 Å². The zero-order valence-corrected chi connectivity index (χ0v) is 16.0. The molecule has 1 saturated carbocycles. The van der Waals surface area contributed by atoms with Gasteiger partial charge in [0.1, 0.15) is 6.10 Å². The van der Waals surface area contributed by atoms with E-state index in [4.69, 9.17) is 14.2 Å². The van der Waals surface area contributed by atoms with E-state index in [1.54, 1.807) is 24.4 Å². The number of pyridine rings is 1. The second-order valence-corrected chi connectivity index (χ2v) is 7.02. The molecule has 152 valence electrons. The predicted molar refractivity (Wildman–Crippen MR) is 104 cm³/mol. The van der Waals surface area contributed by atoms with E-state index < -0.39 is 0 Å². The molecule has 4 rings (SSSR count). The molecule has 0 unspecified atom stereocenters. The van der Waals surface area contributed by atoms with Crippen LogP contribution in [-0.2, 0) is 11.3 Å². The molecule has 29 heavy (non-hydrogen) atoms. The summed E-state index contributed by atoms with van der Waals surface area (Å²) in [6.45, 7) is 0.296. The number of carbonyl (C=O) groups excluding carboxylic acids is 2. The molecule has 0 atom stereocenters. The summed E-state index contributed by atoms with van der Waals surface area (Å²) in [5.74, 6) is 1.03. The van der Waals surface area contributed by atoms with E-state index in [0.717, 1.165) is 18.4 Å². The van der Waals surface area contributed by atoms with Crippen LogP contribution in [0.1, 0.15) is 41.6 Å². The molecular weight excluding hydrogens is 374 g/mol. The molecular formula is C21H23N3O5. The number of fused-ring (bicyclic) bond motifs is 1. The van der Waals surface area contributed by atoms with E-state index in [2.05, 4.69) is 15.6 Å². The molecule has 1 aliphatic carbocycles. The zero-order valence-electron chi connectivity index (χ0n) is 16.0. The molecule has 0 radical (unpaired) electrons. The molecule has 1 fully saturated rings. The van der Waals surface area contributed by atoms with Gasteiger partial charge in [-0.25, -0.2) is 4.98 Å². The van der Waals surface area contributed by atoms with E-state index in [0.29, 0.717) is 22.9 Å². The normalized spacial score (nSPS) is 15.2. The molecule has 0 bridgehead atoms. The Morgan fingerprint density at radius 1 is 1.10 bits per heavy atom. The number of amides is 2. The summed E-state index contributed by atoms with van der Waals surface area (Å²) in [7, 11) is 0. The fourth-order valence-corrected chi connectivity index (χ4v) is 3.39. The number of benzene rings is 1. The van der Waals surface area contributed by atoms with Gasteiger partial charge in [-0.3, -0.25) is 9.59 Å². The minimum atomic E-state index is -0.356. The summed E-state index contributed by atoms with van der Waals surface area (Å²) in [4.78, 5) is 28.7. The van der Waals surface area contributed by atoms with Crippen molar-refractivity contribution < 1.29 is 23.8 Å². The summed E-state index contributed by atoms with van der Waals surface area (Å²) in [5.41, 5.74) is 1.22. The molecule has 0 spiro atoms. The van der Waals surface area contributed by atoms with Crippen molar-refractivity contribution in [3.05, 3.63) is 47.7 Å². The van der Waals surface area contributed by atoms with Crippen molar-refractivity contribution >= 4 is 11.8 Å². The van der Waals surface area contributed by atoms with Crippen LogP contribution in [0.4, 0.5) is 0 Å². The fraction of sp³-hybridized carbons (Fsp3) is 0.381. The second-order valence-electron chi connectivity index (χ2n) is 7.02. The minimum absolute atomic E-state index is 0.133. The van der Waals surface area contributed by atoms with Crippen LogP contribution in [0, 0.1) is 0 Å². The summed E-state index contributed by atoms with van der Waals surface area (Å²) in [5, 5.41) is 5.40. The van der Waals surface area contributed by atoms with Crippen LogP contribution in [0.3, 0.4) is 0 Å². The van der Waals surface area contributed by atoms with Gasteiger partial charge in [0.2, 0.25) is 18.6 Å². The molecule has 8 nitrogen and oxygen atoms in total. The van der Waals surface area contributed by atoms with Gasteiger partial charge in [0.25, 0.3) is 5.91 Å². The fourth-order valence-electron chi connectivity index (χ4n) is 3.39. The van der Waals surface area contributed by atoms with Crippen molar-refractivity contribution in [2.75, 3.05) is 13.3 Å². The SMILES string of the molecule is O=C(CNC(=O)c1ccc2c(c1)OCO2)NCc1cccnc1OC1CCCC1. The topological polar surface area (TPSA) is 98.8 Å². The summed E-state index contributed by atoms with van der Waals surface area (Å²) >= 11 is 0. The third-order valence-electron chi connectivity index (χ3n) is 4.95. The minimum Gasteiger partial charge on any atom is -0.474 e. The smallest absolute Gasteiger partial charge is 0.251 e. The molecule has 1 aromatic carbocycles. The van der Waals surface area contributed by atoms with Crippen LogP contribution in [0.25, 0.3) is 0 Å². The van der Waals surface area contributed by atoms with Crippen LogP contribution in [-0.4, -0.2) is 36.2 Å². The highest BCUT2D eigenvalue weighted by Gasteiger charge is 2.19. The number of carbonyl (C=O) groups is 2. The molecule has 1 aliphatic heterocycles. The maximum atomic E-state index is 12.3. The van der Waals surface area contributed by atoms with Gasteiger partial charge >= 0.3 is 0 Å². The maximum Gasteiger partial charge on any atom is 0.251 e. The quantitative estimate of drug-likeness (QED) is 0.743. The monoisotopic (exact) mass is 397 g/mol. The predicted octanol–water partition coefficient (Wildman–Crippen LogP) is 2.18. The number of nitrogens with one attached hydrogen (secondary N) is 2. The number of hydrogen-bond donors (Lipinski definition) is 2. The highest BCUT2D eigenvalue weighted by Crippen LogP contribution is 2.32. The van der Waals surface area contributed by atoms with Crippen LogP contribution < -0.4 is 24.8 Å². The molecule has 2 N–H and O–H groups in total. The van der Waals surface area contributed by atoms with Crippen molar-refractivity contribution in [3.8, 4) is 17.4 Å². The summed E-state index contributed by atoms with van der Waals surface area (Å²) in [6, 6.07) is 8.58. The third-order valence-corrected chi connectivity index (χ3v) is 4.95. The Morgan fingerprint density at radius 3 is 2.79 bits per heavy atom. The molecule has 8 heteroatoms. The number of rotatable bonds is 7. The number of hydrogen-bond acceptors (Lipinski definition) is 6. The molecule has 2 aliphatic rings. The van der Waals surface area contributed by atoms with Crippen molar-refractivity contribution in [2.45, 2.75) is 38.3 Å². The number of ether oxygens (including phenoxy) is 3. The molecule has 2 amide bonds. The largest absolute Gasteiger partial charge is 0.474 e. The van der Waals surface area contributed by atoms with Gasteiger partial charge in [0.05, 0.1) is 6.54 Å². The van der Waals surface area contributed by atoms with Crippen molar-refractivity contribution in [3.63, 3.8) is 0 Å². The van der Waals surface area contributed by atoms with Crippen LogP contribution in [0.5, 0.6) is 17.4 Å². The first kappa shape index (κ1) is 19.0. The molecule has 2 aromatic rings. The van der Waals surface area contributed by atoms with Gasteiger partial charge in [0.15, 0.2) is 11.5 Å². The summed E-state index contributed by atoms with van der Waals surface area (Å²) in [6.07, 6.45) is 6.29. The Hall–Kier alpha value is -3.29. The lowest BCUT2D eigenvalue weighted by atomic mass is 10.2. The van der Waals surface area contributed by atoms with E-state index in [9.17, 15) is 9.59 Å². The highest BCUT2D eigenvalue weighted by molar-refractivity contribution is 5.97. The zero-order chi connectivity index (χ0) is 20.1. The van der Waals surface area contributed by atoms with E-state index in [1.165, 1.54) is 12.8 Å². The van der Waals surface area contributed by atoms with Gasteiger partial charge in [-0.15, -0.1) is 0 Å². The number of aromatic nitrogens is 1. The Balaban J connectivity index is 1.26. The molecule has 0 saturated heterocycles. The maximum absolute atomic E-state index is 12.3. The Kier molecular flexibility index (Phi) is 5.79. The average molecular weight is 397 g/mol. The second kappa shape index (κ2) is 8.81. The molecule has 2 heterocycles. The van der Waals surface area contributed by atoms with Crippen LogP contribution in [0.15, 0.2) is 36.5 Å². The first-order valence-corrected chi connectivity index (χ1v) is 9.74. The van der Waals surface area contributed by atoms with Crippen molar-refractivity contribution in [1.82, 2.24) is 15.6 Å². The molecule has 1 aromatic heterocycles. The van der Waals surface area contributed by atoms with Gasteiger partial charge in [-0.05, 0) is 49.9 Å². The summed E-state index contributed by atoms with van der Waals surface area (Å²) < 4.78 is 16.5. The number of nitrogens with zero attached hydrogens (tertiary/aromatic N) is 1. The lowest BCUT2D eigenvalue weighted by Crippen LogP contribution is -2.36. The van der Waals surface area contributed by atoms with Crippen molar-refractivity contribution in [2.24, 2.45) is 0 Å². The Labute approximate surface area is 168 Å². The van der Waals surface area contributed by atoms with Gasteiger partial charge < -0.3 is 24.8 Å². The van der Waals surface area contributed by atoms with Gasteiger partial charge in [0, 0.05) is 23.9 Å². The van der Waals surface area contributed by atoms with Crippen LogP contribution >= 0.6 is 0 Å². The van der Waals surface area contributed by atoms with E-state index in [1.807, 2.05) is 12.1 Å². The highest BCUT2D eigenvalue weighted by atomic mass is 16.7. The van der Waals surface area contributed by atoms with Crippen LogP contribution in [0.2, 0.25) is 0 Å². The standard InChI is InChI=1S/C21H23N3O5/c25-19(12-24-20(26)14-7-8-17-18(10-14)28-13-27-17)23-11-15-4-3-9-22-21(15)29-16-5-1-2-6-16/h3-4,7-10,16H,1-2,5-6,11-13H2,(H,23,25)(H,24,26). The first-order valence-electron chi connectivity index (χ1n) is 9.74. The van der Waals surface area contributed by atoms with Gasteiger partial charge in [-0.2, -0.15) is 0 Å². The Bertz CT molecular complexity index is 896. The average Bonchev–Trinajstić information content (AvgIpc) is 3.42. The lowest BCUT2D eigenvalue weighted by Gasteiger charge is -2.15. The lowest BCUT2D eigenvalue weighted by molar-refractivity contribution is -0.120. The van der Waals surface area contributed by atoms with Gasteiger partial charge in [-0.1, -0.05) is 6.07 Å². The van der Waals surface area contributed by atoms with E-state index in [-0.39, 0.29) is 37.8 Å². The third kappa shape index (κ3) is 4.77. The first-order chi connectivity index (χ1) is 14.2. The Morgan fingerprint density at radius 2 is 1.93 bits per heavy atom.